The van der Waals surface area contributed by atoms with E-state index >= 15 is 0 Å². The molecule has 5 nitrogen and oxygen atoms in total. The molecule has 0 saturated carbocycles. The molecule has 3 rings (SSSR count). The van der Waals surface area contributed by atoms with Gasteiger partial charge in [0, 0.05) is 6.54 Å². The van der Waals surface area contributed by atoms with Crippen molar-refractivity contribution in [2.45, 2.75) is 24.9 Å². The van der Waals surface area contributed by atoms with E-state index in [-0.39, 0.29) is 12.6 Å². The van der Waals surface area contributed by atoms with E-state index in [4.69, 9.17) is 4.74 Å². The van der Waals surface area contributed by atoms with E-state index in [0.29, 0.717) is 13.0 Å². The Labute approximate surface area is 148 Å². The maximum Gasteiger partial charge on any atom is 0.314 e. The molecule has 1 aliphatic rings. The van der Waals surface area contributed by atoms with Crippen molar-refractivity contribution >= 4 is 6.03 Å². The summed E-state index contributed by atoms with van der Waals surface area (Å²) in [5, 5.41) is 16.4. The number of urea groups is 1. The van der Waals surface area contributed by atoms with Crippen molar-refractivity contribution < 1.29 is 14.6 Å². The topological polar surface area (TPSA) is 70.6 Å². The minimum atomic E-state index is -0.968. The predicted molar refractivity (Wildman–Crippen MR) is 96.8 cm³/mol. The van der Waals surface area contributed by atoms with Crippen molar-refractivity contribution in [3.05, 3.63) is 65.2 Å². The standard InChI is InChI=1S/C20H24N2O3/c1-25-17-8-6-15(7-9-17)11-13-21-19(23)22-14-20(24)12-10-16-4-2-3-5-18(16)20/h2-9,24H,10-14H2,1H3,(H2,21,22,23). The predicted octanol–water partition coefficient (Wildman–Crippen LogP) is 2.37. The minimum Gasteiger partial charge on any atom is -0.497 e. The van der Waals surface area contributed by atoms with Crippen LogP contribution in [0.15, 0.2) is 48.5 Å². The van der Waals surface area contributed by atoms with Crippen molar-refractivity contribution in [1.82, 2.24) is 10.6 Å². The summed E-state index contributed by atoms with van der Waals surface area (Å²) in [5.74, 6) is 0.819. The number of ether oxygens (including phenoxy) is 1. The van der Waals surface area contributed by atoms with Crippen LogP contribution in [0.25, 0.3) is 0 Å². The molecule has 2 aromatic rings. The largest absolute Gasteiger partial charge is 0.497 e. The number of carbonyl (C=O) groups is 1. The van der Waals surface area contributed by atoms with Crippen LogP contribution in [-0.4, -0.2) is 31.3 Å². The highest BCUT2D eigenvalue weighted by Crippen LogP contribution is 2.36. The number of benzene rings is 2. The molecular weight excluding hydrogens is 316 g/mol. The first-order valence-corrected chi connectivity index (χ1v) is 8.56. The van der Waals surface area contributed by atoms with E-state index in [2.05, 4.69) is 10.6 Å². The number of fused-ring (bicyclic) bond motifs is 1. The Morgan fingerprint density at radius 3 is 2.68 bits per heavy atom. The quantitative estimate of drug-likeness (QED) is 0.756. The normalized spacial score (nSPS) is 18.5. The van der Waals surface area contributed by atoms with Crippen LogP contribution in [0.4, 0.5) is 4.79 Å². The Morgan fingerprint density at radius 2 is 1.92 bits per heavy atom. The highest BCUT2D eigenvalue weighted by atomic mass is 16.5. The Bertz CT molecular complexity index is 730. The second-order valence-electron chi connectivity index (χ2n) is 6.40. The number of hydrogen-bond acceptors (Lipinski definition) is 3. The number of aliphatic hydroxyl groups is 1. The fourth-order valence-corrected chi connectivity index (χ4v) is 3.25. The fourth-order valence-electron chi connectivity index (χ4n) is 3.25. The van der Waals surface area contributed by atoms with Crippen LogP contribution in [0, 0.1) is 0 Å². The summed E-state index contributed by atoms with van der Waals surface area (Å²) in [4.78, 5) is 12.0. The first-order chi connectivity index (χ1) is 12.1. The Kier molecular flexibility index (Phi) is 5.24. The average Bonchev–Trinajstić information content (AvgIpc) is 2.98. The Morgan fingerprint density at radius 1 is 1.16 bits per heavy atom. The minimum absolute atomic E-state index is 0.221. The van der Waals surface area contributed by atoms with Gasteiger partial charge < -0.3 is 20.5 Å². The summed E-state index contributed by atoms with van der Waals surface area (Å²) in [7, 11) is 1.64. The second-order valence-corrected chi connectivity index (χ2v) is 6.40. The lowest BCUT2D eigenvalue weighted by atomic mass is 9.96. The molecule has 25 heavy (non-hydrogen) atoms. The van der Waals surface area contributed by atoms with Gasteiger partial charge in [0.15, 0.2) is 0 Å². The molecule has 1 aliphatic carbocycles. The van der Waals surface area contributed by atoms with E-state index in [0.717, 1.165) is 35.3 Å². The van der Waals surface area contributed by atoms with Crippen LogP contribution in [0.2, 0.25) is 0 Å². The Balaban J connectivity index is 1.44. The molecular formula is C20H24N2O3. The summed E-state index contributed by atoms with van der Waals surface area (Å²) in [6.07, 6.45) is 2.22. The number of rotatable bonds is 6. The average molecular weight is 340 g/mol. The van der Waals surface area contributed by atoms with Gasteiger partial charge in [-0.2, -0.15) is 0 Å². The zero-order valence-corrected chi connectivity index (χ0v) is 14.4. The first kappa shape index (κ1) is 17.3. The fraction of sp³-hybridized carbons (Fsp3) is 0.350. The highest BCUT2D eigenvalue weighted by Gasteiger charge is 2.36. The van der Waals surface area contributed by atoms with Crippen molar-refractivity contribution in [3.8, 4) is 5.75 Å². The lowest BCUT2D eigenvalue weighted by Gasteiger charge is -2.24. The van der Waals surface area contributed by atoms with Crippen LogP contribution >= 0.6 is 0 Å². The highest BCUT2D eigenvalue weighted by molar-refractivity contribution is 5.74. The Hall–Kier alpha value is -2.53. The maximum atomic E-state index is 12.0. The smallest absolute Gasteiger partial charge is 0.314 e. The number of methoxy groups -OCH3 is 1. The number of nitrogens with one attached hydrogen (secondary N) is 2. The molecule has 0 aromatic heterocycles. The van der Waals surface area contributed by atoms with Gasteiger partial charge in [0.25, 0.3) is 0 Å². The number of amides is 2. The summed E-state index contributed by atoms with van der Waals surface area (Å²) < 4.78 is 5.12. The molecule has 0 heterocycles. The third kappa shape index (κ3) is 4.12. The number of hydrogen-bond donors (Lipinski definition) is 3. The summed E-state index contributed by atoms with van der Waals surface area (Å²) >= 11 is 0. The van der Waals surface area contributed by atoms with Gasteiger partial charge in [0.2, 0.25) is 0 Å². The first-order valence-electron chi connectivity index (χ1n) is 8.56. The van der Waals surface area contributed by atoms with Gasteiger partial charge in [-0.1, -0.05) is 36.4 Å². The van der Waals surface area contributed by atoms with E-state index in [1.807, 2.05) is 48.5 Å². The van der Waals surface area contributed by atoms with Crippen molar-refractivity contribution in [2.24, 2.45) is 0 Å². The van der Waals surface area contributed by atoms with Crippen LogP contribution in [0.3, 0.4) is 0 Å². The molecule has 0 saturated heterocycles. The molecule has 0 bridgehead atoms. The third-order valence-corrected chi connectivity index (χ3v) is 4.73. The molecule has 132 valence electrons. The maximum absolute atomic E-state index is 12.0. The molecule has 2 amide bonds. The summed E-state index contributed by atoms with van der Waals surface area (Å²) in [6, 6.07) is 15.4. The van der Waals surface area contributed by atoms with Crippen molar-refractivity contribution in [1.29, 1.82) is 0 Å². The van der Waals surface area contributed by atoms with Gasteiger partial charge in [-0.25, -0.2) is 4.79 Å². The van der Waals surface area contributed by atoms with Crippen LogP contribution < -0.4 is 15.4 Å². The lowest BCUT2D eigenvalue weighted by Crippen LogP contribution is -2.44. The van der Waals surface area contributed by atoms with Gasteiger partial charge in [0.1, 0.15) is 11.4 Å². The zero-order valence-electron chi connectivity index (χ0n) is 14.4. The molecule has 3 N–H and O–H groups in total. The van der Waals surface area contributed by atoms with E-state index in [1.54, 1.807) is 7.11 Å². The van der Waals surface area contributed by atoms with Gasteiger partial charge in [0.05, 0.1) is 13.7 Å². The molecule has 0 radical (unpaired) electrons. The van der Waals surface area contributed by atoms with Crippen molar-refractivity contribution in [2.75, 3.05) is 20.2 Å². The second kappa shape index (κ2) is 7.57. The van der Waals surface area contributed by atoms with Crippen LogP contribution in [0.5, 0.6) is 5.75 Å². The van der Waals surface area contributed by atoms with Gasteiger partial charge in [-0.3, -0.25) is 0 Å². The van der Waals surface area contributed by atoms with Crippen molar-refractivity contribution in [3.63, 3.8) is 0 Å². The summed E-state index contributed by atoms with van der Waals surface area (Å²) in [5.41, 5.74) is 2.24. The van der Waals surface area contributed by atoms with Gasteiger partial charge in [-0.15, -0.1) is 0 Å². The summed E-state index contributed by atoms with van der Waals surface area (Å²) in [6.45, 7) is 0.756. The molecule has 5 heteroatoms. The van der Waals surface area contributed by atoms with E-state index in [9.17, 15) is 9.90 Å². The van der Waals surface area contributed by atoms with Gasteiger partial charge >= 0.3 is 6.03 Å². The lowest BCUT2D eigenvalue weighted by molar-refractivity contribution is 0.0412. The zero-order chi connectivity index (χ0) is 17.7. The monoisotopic (exact) mass is 340 g/mol. The molecule has 0 fully saturated rings. The molecule has 1 atom stereocenters. The van der Waals surface area contributed by atoms with E-state index < -0.39 is 5.60 Å². The molecule has 2 aromatic carbocycles. The SMILES string of the molecule is COc1ccc(CCNC(=O)NCC2(O)CCc3ccccc32)cc1. The molecule has 1 unspecified atom stereocenters. The third-order valence-electron chi connectivity index (χ3n) is 4.73. The number of carbonyl (C=O) groups excluding carboxylic acids is 1. The van der Waals surface area contributed by atoms with Crippen LogP contribution in [0.1, 0.15) is 23.1 Å². The van der Waals surface area contributed by atoms with E-state index in [1.165, 1.54) is 0 Å². The van der Waals surface area contributed by atoms with Crippen LogP contribution in [-0.2, 0) is 18.4 Å². The number of aryl methyl sites for hydroxylation is 1. The molecule has 0 spiro atoms. The molecule has 0 aliphatic heterocycles. The van der Waals surface area contributed by atoms with Gasteiger partial charge in [-0.05, 0) is 48.1 Å².